The van der Waals surface area contributed by atoms with Gasteiger partial charge in [0, 0.05) is 25.8 Å². The van der Waals surface area contributed by atoms with E-state index in [9.17, 15) is 18.0 Å². The van der Waals surface area contributed by atoms with Gasteiger partial charge in [-0.25, -0.2) is 8.42 Å². The molecule has 0 heterocycles. The second-order valence-electron chi connectivity index (χ2n) is 7.55. The normalized spacial score (nSPS) is 11.0. The average molecular weight is 482 g/mol. The van der Waals surface area contributed by atoms with Crippen LogP contribution in [0.1, 0.15) is 32.7 Å². The number of amides is 2. The molecule has 0 bridgehead atoms. The highest BCUT2D eigenvalue weighted by Crippen LogP contribution is 2.23. The van der Waals surface area contributed by atoms with E-state index in [1.165, 1.54) is 18.2 Å². The Labute approximate surface area is 199 Å². The van der Waals surface area contributed by atoms with Crippen molar-refractivity contribution in [2.45, 2.75) is 18.2 Å². The number of anilines is 2. The summed E-state index contributed by atoms with van der Waals surface area (Å²) in [6.07, 6.45) is 0.668. The molecule has 0 unspecified atom stereocenters. The lowest BCUT2D eigenvalue weighted by Gasteiger charge is -2.14. The van der Waals surface area contributed by atoms with Crippen LogP contribution in [0.15, 0.2) is 77.7 Å². The number of aryl methyl sites for hydroxylation is 1. The van der Waals surface area contributed by atoms with Gasteiger partial charge in [-0.1, -0.05) is 36.4 Å². The zero-order chi connectivity index (χ0) is 24.6. The van der Waals surface area contributed by atoms with E-state index in [0.717, 1.165) is 0 Å². The average Bonchev–Trinajstić information content (AvgIpc) is 2.84. The molecule has 0 atom stereocenters. The Bertz CT molecular complexity index is 1260. The maximum Gasteiger partial charge on any atom is 0.261 e. The van der Waals surface area contributed by atoms with Crippen LogP contribution in [0.5, 0.6) is 0 Å². The Kier molecular flexibility index (Phi) is 8.39. The second-order valence-corrected chi connectivity index (χ2v) is 9.23. The Balaban J connectivity index is 1.77. The number of nitrogens with one attached hydrogen (secondary N) is 3. The quantitative estimate of drug-likeness (QED) is 0.381. The summed E-state index contributed by atoms with van der Waals surface area (Å²) >= 11 is 0. The number of carbonyl (C=O) groups excluding carboxylic acids is 2. The first-order valence-corrected chi connectivity index (χ1v) is 12.2. The van der Waals surface area contributed by atoms with Gasteiger partial charge in [0.1, 0.15) is 0 Å². The van der Waals surface area contributed by atoms with E-state index in [1.807, 2.05) is 0 Å². The Morgan fingerprint density at radius 1 is 0.882 bits per heavy atom. The monoisotopic (exact) mass is 481 g/mol. The van der Waals surface area contributed by atoms with Crippen LogP contribution < -0.4 is 15.4 Å². The van der Waals surface area contributed by atoms with Crippen molar-refractivity contribution in [3.63, 3.8) is 0 Å². The van der Waals surface area contributed by atoms with Crippen molar-refractivity contribution in [2.24, 2.45) is 0 Å². The van der Waals surface area contributed by atoms with Gasteiger partial charge in [0.05, 0.1) is 21.8 Å². The molecule has 0 aromatic heterocycles. The molecule has 0 aliphatic carbocycles. The van der Waals surface area contributed by atoms with Crippen molar-refractivity contribution >= 4 is 33.2 Å². The SMILES string of the molecule is COCCCNC(=O)c1ccccc1NC(=O)c1ccc(C)c(NS(=O)(=O)c2ccccc2)c1. The molecule has 2 amide bonds. The van der Waals surface area contributed by atoms with Crippen molar-refractivity contribution in [3.8, 4) is 0 Å². The predicted octanol–water partition coefficient (Wildman–Crippen LogP) is 3.81. The molecule has 3 aromatic carbocycles. The van der Waals surface area contributed by atoms with Gasteiger partial charge >= 0.3 is 0 Å². The first kappa shape index (κ1) is 24.9. The summed E-state index contributed by atoms with van der Waals surface area (Å²) in [7, 11) is -2.22. The third kappa shape index (κ3) is 6.43. The molecule has 3 rings (SSSR count). The van der Waals surface area contributed by atoms with E-state index >= 15 is 0 Å². The second kappa shape index (κ2) is 11.4. The molecule has 8 nitrogen and oxygen atoms in total. The predicted molar refractivity (Wildman–Crippen MR) is 132 cm³/mol. The number of rotatable bonds is 10. The van der Waals surface area contributed by atoms with Crippen molar-refractivity contribution in [1.82, 2.24) is 5.32 Å². The van der Waals surface area contributed by atoms with Gasteiger partial charge in [0.25, 0.3) is 21.8 Å². The van der Waals surface area contributed by atoms with E-state index in [2.05, 4.69) is 15.4 Å². The highest BCUT2D eigenvalue weighted by Gasteiger charge is 2.18. The lowest BCUT2D eigenvalue weighted by atomic mass is 10.1. The molecule has 34 heavy (non-hydrogen) atoms. The number of methoxy groups -OCH3 is 1. The lowest BCUT2D eigenvalue weighted by molar-refractivity contribution is 0.0949. The van der Waals surface area contributed by atoms with Gasteiger partial charge in [-0.15, -0.1) is 0 Å². The fourth-order valence-corrected chi connectivity index (χ4v) is 4.32. The lowest BCUT2D eigenvalue weighted by Crippen LogP contribution is -2.26. The van der Waals surface area contributed by atoms with E-state index < -0.39 is 15.9 Å². The molecule has 9 heteroatoms. The summed E-state index contributed by atoms with van der Waals surface area (Å²) in [6, 6.07) is 19.4. The summed E-state index contributed by atoms with van der Waals surface area (Å²) in [5.41, 5.74) is 1.87. The fourth-order valence-electron chi connectivity index (χ4n) is 3.17. The fraction of sp³-hybridized carbons (Fsp3) is 0.200. The number of para-hydroxylation sites is 1. The highest BCUT2D eigenvalue weighted by atomic mass is 32.2. The molecule has 3 N–H and O–H groups in total. The Morgan fingerprint density at radius 3 is 2.32 bits per heavy atom. The maximum atomic E-state index is 13.0. The van der Waals surface area contributed by atoms with Crippen LogP contribution in [0.25, 0.3) is 0 Å². The van der Waals surface area contributed by atoms with Crippen molar-refractivity contribution in [1.29, 1.82) is 0 Å². The molecule has 0 saturated heterocycles. The third-order valence-corrected chi connectivity index (χ3v) is 6.41. The van der Waals surface area contributed by atoms with Gasteiger partial charge in [-0.3, -0.25) is 14.3 Å². The molecule has 0 aliphatic heterocycles. The van der Waals surface area contributed by atoms with Crippen LogP contribution >= 0.6 is 0 Å². The molecule has 0 spiro atoms. The number of ether oxygens (including phenoxy) is 1. The van der Waals surface area contributed by atoms with E-state index in [0.29, 0.717) is 42.1 Å². The topological polar surface area (TPSA) is 114 Å². The summed E-state index contributed by atoms with van der Waals surface area (Å²) < 4.78 is 32.9. The summed E-state index contributed by atoms with van der Waals surface area (Å²) in [4.78, 5) is 25.6. The molecule has 0 aliphatic rings. The van der Waals surface area contributed by atoms with Gasteiger partial charge in [-0.05, 0) is 55.3 Å². The van der Waals surface area contributed by atoms with Crippen LogP contribution in [0.2, 0.25) is 0 Å². The molecule has 0 fully saturated rings. The van der Waals surface area contributed by atoms with E-state index in [1.54, 1.807) is 68.6 Å². The van der Waals surface area contributed by atoms with Crippen molar-refractivity contribution in [2.75, 3.05) is 30.3 Å². The van der Waals surface area contributed by atoms with Crippen molar-refractivity contribution in [3.05, 3.63) is 89.5 Å². The van der Waals surface area contributed by atoms with Gasteiger partial charge in [-0.2, -0.15) is 0 Å². The summed E-state index contributed by atoms with van der Waals surface area (Å²) in [6.45, 7) is 2.72. The van der Waals surface area contributed by atoms with Gasteiger partial charge in [0.15, 0.2) is 0 Å². The van der Waals surface area contributed by atoms with E-state index in [-0.39, 0.29) is 16.4 Å². The standard InChI is InChI=1S/C25H27N3O5S/c1-18-13-14-19(17-23(18)28-34(31,32)20-9-4-3-5-10-20)24(29)27-22-12-7-6-11-21(22)25(30)26-15-8-16-33-2/h3-7,9-14,17,28H,8,15-16H2,1-2H3,(H,26,30)(H,27,29). The number of carbonyl (C=O) groups is 2. The Hall–Kier alpha value is -3.69. The third-order valence-electron chi connectivity index (χ3n) is 5.03. The minimum Gasteiger partial charge on any atom is -0.385 e. The number of hydrogen-bond acceptors (Lipinski definition) is 5. The van der Waals surface area contributed by atoms with Gasteiger partial charge in [0.2, 0.25) is 0 Å². The van der Waals surface area contributed by atoms with Gasteiger partial charge < -0.3 is 15.4 Å². The number of sulfonamides is 1. The Morgan fingerprint density at radius 2 is 1.59 bits per heavy atom. The van der Waals surface area contributed by atoms with Crippen LogP contribution in [0, 0.1) is 6.92 Å². The molecule has 0 saturated carbocycles. The maximum absolute atomic E-state index is 13.0. The van der Waals surface area contributed by atoms with E-state index in [4.69, 9.17) is 4.74 Å². The molecule has 3 aromatic rings. The first-order chi connectivity index (χ1) is 16.3. The summed E-state index contributed by atoms with van der Waals surface area (Å²) in [5.74, 6) is -0.785. The molecular weight excluding hydrogens is 454 g/mol. The molecule has 178 valence electrons. The molecular formula is C25H27N3O5S. The van der Waals surface area contributed by atoms with Crippen LogP contribution in [-0.4, -0.2) is 40.5 Å². The minimum absolute atomic E-state index is 0.120. The molecule has 0 radical (unpaired) electrons. The van der Waals surface area contributed by atoms with Crippen molar-refractivity contribution < 1.29 is 22.7 Å². The summed E-state index contributed by atoms with van der Waals surface area (Å²) in [5, 5.41) is 5.55. The number of hydrogen-bond donors (Lipinski definition) is 3. The zero-order valence-corrected chi connectivity index (χ0v) is 19.8. The largest absolute Gasteiger partial charge is 0.385 e. The number of benzene rings is 3. The smallest absolute Gasteiger partial charge is 0.261 e. The van der Waals surface area contributed by atoms with Crippen LogP contribution in [0.3, 0.4) is 0 Å². The van der Waals surface area contributed by atoms with Crippen LogP contribution in [0.4, 0.5) is 11.4 Å². The van der Waals surface area contributed by atoms with Crippen LogP contribution in [-0.2, 0) is 14.8 Å². The zero-order valence-electron chi connectivity index (χ0n) is 19.0. The highest BCUT2D eigenvalue weighted by molar-refractivity contribution is 7.92. The first-order valence-electron chi connectivity index (χ1n) is 10.7. The minimum atomic E-state index is -3.81.